The topological polar surface area (TPSA) is 62.3 Å². The Morgan fingerprint density at radius 1 is 1.29 bits per heavy atom. The van der Waals surface area contributed by atoms with Crippen LogP contribution in [0.3, 0.4) is 0 Å². The fourth-order valence-electron chi connectivity index (χ4n) is 2.23. The van der Waals surface area contributed by atoms with Gasteiger partial charge in [-0.1, -0.05) is 6.92 Å². The number of rotatable bonds is 10. The van der Waals surface area contributed by atoms with Crippen molar-refractivity contribution in [2.75, 3.05) is 18.8 Å². The highest BCUT2D eigenvalue weighted by Gasteiger charge is 2.21. The van der Waals surface area contributed by atoms with Crippen LogP contribution >= 0.6 is 0 Å². The summed E-state index contributed by atoms with van der Waals surface area (Å²) < 4.78 is 26.3. The molecule has 1 aromatic rings. The van der Waals surface area contributed by atoms with E-state index in [-0.39, 0.29) is 5.75 Å². The van der Waals surface area contributed by atoms with Gasteiger partial charge in [0.05, 0.1) is 5.75 Å². The summed E-state index contributed by atoms with van der Waals surface area (Å²) >= 11 is 0. The molecule has 1 aliphatic carbocycles. The minimum absolute atomic E-state index is 0.234. The van der Waals surface area contributed by atoms with E-state index in [4.69, 9.17) is 0 Å². The van der Waals surface area contributed by atoms with Gasteiger partial charge < -0.3 is 5.32 Å². The zero-order valence-electron chi connectivity index (χ0n) is 12.7. The third-order valence-electron chi connectivity index (χ3n) is 3.69. The first kappa shape index (κ1) is 16.4. The van der Waals surface area contributed by atoms with E-state index in [0.717, 1.165) is 24.9 Å². The van der Waals surface area contributed by atoms with Crippen LogP contribution in [0.5, 0.6) is 0 Å². The van der Waals surface area contributed by atoms with E-state index in [9.17, 15) is 8.42 Å². The molecular formula is C15H25N3O2S. The standard InChI is InChI=1S/C15H25N3O2S/c1-2-18(13-14-7-10-16-11-8-14)21(19,20)12-4-3-9-17-15-5-6-15/h7-8,10-11,15,17H,2-6,9,12-13H2,1H3. The summed E-state index contributed by atoms with van der Waals surface area (Å²) in [7, 11) is -3.17. The molecule has 0 saturated heterocycles. The maximum absolute atomic E-state index is 12.4. The van der Waals surface area contributed by atoms with Gasteiger partial charge in [0, 0.05) is 31.5 Å². The number of nitrogens with zero attached hydrogens (tertiary/aromatic N) is 2. The highest BCUT2D eigenvalue weighted by Crippen LogP contribution is 2.18. The third kappa shape index (κ3) is 5.73. The molecule has 0 unspecified atom stereocenters. The Morgan fingerprint density at radius 3 is 2.62 bits per heavy atom. The summed E-state index contributed by atoms with van der Waals surface area (Å²) in [6, 6.07) is 4.41. The molecule has 1 N–H and O–H groups in total. The van der Waals surface area contributed by atoms with E-state index >= 15 is 0 Å². The number of aromatic nitrogens is 1. The second kappa shape index (κ2) is 7.87. The van der Waals surface area contributed by atoms with E-state index in [1.807, 2.05) is 19.1 Å². The number of hydrogen-bond acceptors (Lipinski definition) is 4. The van der Waals surface area contributed by atoms with Gasteiger partial charge in [-0.15, -0.1) is 0 Å². The van der Waals surface area contributed by atoms with E-state index in [1.165, 1.54) is 12.8 Å². The Morgan fingerprint density at radius 2 is 2.00 bits per heavy atom. The van der Waals surface area contributed by atoms with Crippen molar-refractivity contribution in [1.82, 2.24) is 14.6 Å². The Kier molecular flexibility index (Phi) is 6.14. The molecule has 1 saturated carbocycles. The normalized spacial score (nSPS) is 15.5. The average molecular weight is 311 g/mol. The predicted molar refractivity (Wildman–Crippen MR) is 84.4 cm³/mol. The van der Waals surface area contributed by atoms with Crippen molar-refractivity contribution in [3.05, 3.63) is 30.1 Å². The van der Waals surface area contributed by atoms with E-state index in [2.05, 4.69) is 10.3 Å². The van der Waals surface area contributed by atoms with Gasteiger partial charge in [-0.2, -0.15) is 4.31 Å². The Labute approximate surface area is 127 Å². The molecule has 1 heterocycles. The van der Waals surface area contributed by atoms with Crippen LogP contribution in [-0.4, -0.2) is 42.6 Å². The molecular weight excluding hydrogens is 286 g/mol. The van der Waals surface area contributed by atoms with Crippen molar-refractivity contribution < 1.29 is 8.42 Å². The van der Waals surface area contributed by atoms with Crippen LogP contribution in [0.4, 0.5) is 0 Å². The highest BCUT2D eigenvalue weighted by atomic mass is 32.2. The lowest BCUT2D eigenvalue weighted by Gasteiger charge is -2.20. The molecule has 0 aliphatic heterocycles. The number of nitrogens with one attached hydrogen (secondary N) is 1. The molecule has 0 radical (unpaired) electrons. The summed E-state index contributed by atoms with van der Waals surface area (Å²) in [6.07, 6.45) is 7.57. The number of hydrogen-bond donors (Lipinski definition) is 1. The molecule has 2 rings (SSSR count). The first-order valence-electron chi connectivity index (χ1n) is 7.72. The maximum Gasteiger partial charge on any atom is 0.214 e. The molecule has 0 bridgehead atoms. The second-order valence-corrected chi connectivity index (χ2v) is 7.62. The molecule has 0 amide bonds. The van der Waals surface area contributed by atoms with Gasteiger partial charge in [0.25, 0.3) is 0 Å². The van der Waals surface area contributed by atoms with Crippen molar-refractivity contribution in [3.63, 3.8) is 0 Å². The largest absolute Gasteiger partial charge is 0.314 e. The number of unbranched alkanes of at least 4 members (excludes halogenated alkanes) is 1. The quantitative estimate of drug-likeness (QED) is 0.669. The van der Waals surface area contributed by atoms with Gasteiger partial charge in [0.1, 0.15) is 0 Å². The lowest BCUT2D eigenvalue weighted by atomic mass is 10.3. The minimum atomic E-state index is -3.17. The zero-order valence-corrected chi connectivity index (χ0v) is 13.5. The van der Waals surface area contributed by atoms with Gasteiger partial charge in [-0.3, -0.25) is 4.98 Å². The van der Waals surface area contributed by atoms with Gasteiger partial charge in [-0.25, -0.2) is 8.42 Å². The summed E-state index contributed by atoms with van der Waals surface area (Å²) in [5.74, 6) is 0.234. The molecule has 0 aromatic carbocycles. The Hall–Kier alpha value is -0.980. The lowest BCUT2D eigenvalue weighted by molar-refractivity contribution is 0.421. The molecule has 6 heteroatoms. The predicted octanol–water partition coefficient (Wildman–Crippen LogP) is 1.77. The second-order valence-electron chi connectivity index (χ2n) is 5.53. The van der Waals surface area contributed by atoms with E-state index in [0.29, 0.717) is 19.1 Å². The van der Waals surface area contributed by atoms with Crippen LogP contribution in [0.25, 0.3) is 0 Å². The van der Waals surface area contributed by atoms with Crippen LogP contribution < -0.4 is 5.32 Å². The third-order valence-corrected chi connectivity index (χ3v) is 5.67. The van der Waals surface area contributed by atoms with Gasteiger partial charge >= 0.3 is 0 Å². The highest BCUT2D eigenvalue weighted by molar-refractivity contribution is 7.89. The summed E-state index contributed by atoms with van der Waals surface area (Å²) in [6.45, 7) is 3.75. The number of sulfonamides is 1. The Bertz CT molecular complexity index is 515. The smallest absolute Gasteiger partial charge is 0.214 e. The van der Waals surface area contributed by atoms with Crippen LogP contribution in [0.2, 0.25) is 0 Å². The molecule has 1 aromatic heterocycles. The monoisotopic (exact) mass is 311 g/mol. The average Bonchev–Trinajstić information content (AvgIpc) is 3.29. The zero-order chi connectivity index (χ0) is 15.1. The maximum atomic E-state index is 12.4. The fourth-order valence-corrected chi connectivity index (χ4v) is 3.80. The molecule has 21 heavy (non-hydrogen) atoms. The van der Waals surface area contributed by atoms with Crippen LogP contribution in [-0.2, 0) is 16.6 Å². The van der Waals surface area contributed by atoms with Crippen molar-refractivity contribution in [2.24, 2.45) is 0 Å². The lowest BCUT2D eigenvalue weighted by Crippen LogP contribution is -2.32. The SMILES string of the molecule is CCN(Cc1ccncc1)S(=O)(=O)CCCCNC1CC1. The van der Waals surface area contributed by atoms with Crippen molar-refractivity contribution in [3.8, 4) is 0 Å². The van der Waals surface area contributed by atoms with E-state index in [1.54, 1.807) is 16.7 Å². The van der Waals surface area contributed by atoms with Crippen LogP contribution in [0.15, 0.2) is 24.5 Å². The first-order valence-corrected chi connectivity index (χ1v) is 9.33. The van der Waals surface area contributed by atoms with Gasteiger partial charge in [-0.05, 0) is 49.9 Å². The number of pyridine rings is 1. The first-order chi connectivity index (χ1) is 10.1. The van der Waals surface area contributed by atoms with Crippen molar-refractivity contribution in [2.45, 2.75) is 45.2 Å². The fraction of sp³-hybridized carbons (Fsp3) is 0.667. The van der Waals surface area contributed by atoms with Crippen LogP contribution in [0, 0.1) is 0 Å². The molecule has 0 atom stereocenters. The van der Waals surface area contributed by atoms with Crippen molar-refractivity contribution in [1.29, 1.82) is 0 Å². The molecule has 1 aliphatic rings. The summed E-state index contributed by atoms with van der Waals surface area (Å²) in [4.78, 5) is 3.96. The van der Waals surface area contributed by atoms with Crippen molar-refractivity contribution >= 4 is 10.0 Å². The summed E-state index contributed by atoms with van der Waals surface area (Å²) in [5, 5.41) is 3.41. The molecule has 118 valence electrons. The molecule has 5 nitrogen and oxygen atoms in total. The van der Waals surface area contributed by atoms with Gasteiger partial charge in [0.2, 0.25) is 10.0 Å². The summed E-state index contributed by atoms with van der Waals surface area (Å²) in [5.41, 5.74) is 0.978. The van der Waals surface area contributed by atoms with Gasteiger partial charge in [0.15, 0.2) is 0 Å². The molecule has 0 spiro atoms. The van der Waals surface area contributed by atoms with E-state index < -0.39 is 10.0 Å². The molecule has 1 fully saturated rings. The minimum Gasteiger partial charge on any atom is -0.314 e. The Balaban J connectivity index is 1.77. The van der Waals surface area contributed by atoms with Crippen LogP contribution in [0.1, 0.15) is 38.2 Å².